The van der Waals surface area contributed by atoms with Gasteiger partial charge in [-0.25, -0.2) is 0 Å². The quantitative estimate of drug-likeness (QED) is 0.898. The van der Waals surface area contributed by atoms with Crippen LogP contribution in [0.25, 0.3) is 0 Å². The Kier molecular flexibility index (Phi) is 4.40. The van der Waals surface area contributed by atoms with E-state index in [-0.39, 0.29) is 5.92 Å². The van der Waals surface area contributed by atoms with Crippen molar-refractivity contribution in [3.63, 3.8) is 0 Å². The molecule has 0 heterocycles. The Hall–Kier alpha value is -0.870. The molecule has 0 spiro atoms. The number of carboxylic acids is 1. The number of aliphatic hydroxyl groups is 1. The van der Waals surface area contributed by atoms with Crippen LogP contribution < -0.4 is 0 Å². The summed E-state index contributed by atoms with van der Waals surface area (Å²) in [7, 11) is 0. The maximum atomic E-state index is 11.4. The number of halogens is 1. The molecule has 1 aromatic rings. The lowest BCUT2D eigenvalue weighted by atomic mass is 9.84. The lowest BCUT2D eigenvalue weighted by Crippen LogP contribution is -2.30. The van der Waals surface area contributed by atoms with Gasteiger partial charge in [-0.2, -0.15) is 0 Å². The van der Waals surface area contributed by atoms with E-state index < -0.39 is 18.0 Å². The average Bonchev–Trinajstić information content (AvgIpc) is 2.74. The Bertz CT molecular complexity index is 416. The van der Waals surface area contributed by atoms with Crippen molar-refractivity contribution in [2.24, 2.45) is 11.8 Å². The topological polar surface area (TPSA) is 57.5 Å². The van der Waals surface area contributed by atoms with Crippen LogP contribution in [0.2, 0.25) is 0 Å². The van der Waals surface area contributed by atoms with Crippen molar-refractivity contribution in [1.29, 1.82) is 0 Å². The van der Waals surface area contributed by atoms with Crippen molar-refractivity contribution in [2.45, 2.75) is 31.8 Å². The average molecular weight is 313 g/mol. The van der Waals surface area contributed by atoms with E-state index in [1.54, 1.807) is 0 Å². The first-order chi connectivity index (χ1) is 8.58. The molecule has 3 nitrogen and oxygen atoms in total. The van der Waals surface area contributed by atoms with E-state index in [9.17, 15) is 15.0 Å². The minimum Gasteiger partial charge on any atom is -0.481 e. The van der Waals surface area contributed by atoms with Gasteiger partial charge < -0.3 is 10.2 Å². The Labute approximate surface area is 115 Å². The van der Waals surface area contributed by atoms with Gasteiger partial charge >= 0.3 is 5.97 Å². The fourth-order valence-corrected chi connectivity index (χ4v) is 3.00. The first-order valence-electron chi connectivity index (χ1n) is 6.23. The third kappa shape index (κ3) is 3.12. The van der Waals surface area contributed by atoms with Gasteiger partial charge in [-0.3, -0.25) is 4.79 Å². The molecule has 98 valence electrons. The first-order valence-corrected chi connectivity index (χ1v) is 7.02. The molecule has 0 saturated heterocycles. The maximum Gasteiger partial charge on any atom is 0.307 e. The van der Waals surface area contributed by atoms with Gasteiger partial charge in [0.15, 0.2) is 0 Å². The van der Waals surface area contributed by atoms with Crippen LogP contribution in [0.4, 0.5) is 0 Å². The Morgan fingerprint density at radius 1 is 1.33 bits per heavy atom. The van der Waals surface area contributed by atoms with Crippen LogP contribution in [-0.2, 0) is 11.2 Å². The van der Waals surface area contributed by atoms with Crippen LogP contribution in [0, 0.1) is 11.8 Å². The van der Waals surface area contributed by atoms with Crippen molar-refractivity contribution in [1.82, 2.24) is 0 Å². The fraction of sp³-hybridized carbons (Fsp3) is 0.500. The number of aliphatic carboxylic acids is 1. The highest BCUT2D eigenvalue weighted by Crippen LogP contribution is 2.34. The van der Waals surface area contributed by atoms with Crippen molar-refractivity contribution in [3.8, 4) is 0 Å². The molecule has 0 aliphatic heterocycles. The van der Waals surface area contributed by atoms with E-state index in [2.05, 4.69) is 15.9 Å². The summed E-state index contributed by atoms with van der Waals surface area (Å²) in [5.74, 6) is -1.39. The molecule has 4 heteroatoms. The smallest absolute Gasteiger partial charge is 0.307 e. The van der Waals surface area contributed by atoms with Crippen LogP contribution in [0.15, 0.2) is 28.7 Å². The van der Waals surface area contributed by atoms with Gasteiger partial charge in [0, 0.05) is 4.47 Å². The van der Waals surface area contributed by atoms with Gasteiger partial charge in [0.1, 0.15) is 0 Å². The standard InChI is InChI=1S/C14H17BrO3/c15-10-6-4-9(5-7-10)8-12(14(17)18)11-2-1-3-13(11)16/h4-7,11-13,16H,1-3,8H2,(H,17,18). The van der Waals surface area contributed by atoms with Gasteiger partial charge in [-0.05, 0) is 42.9 Å². The van der Waals surface area contributed by atoms with Crippen molar-refractivity contribution in [2.75, 3.05) is 0 Å². The highest BCUT2D eigenvalue weighted by molar-refractivity contribution is 9.10. The monoisotopic (exact) mass is 312 g/mol. The molecular formula is C14H17BrO3. The molecule has 1 aliphatic rings. The zero-order chi connectivity index (χ0) is 13.1. The minimum absolute atomic E-state index is 0.105. The number of carbonyl (C=O) groups is 1. The summed E-state index contributed by atoms with van der Waals surface area (Å²) in [4.78, 5) is 11.4. The molecule has 2 N–H and O–H groups in total. The van der Waals surface area contributed by atoms with Crippen molar-refractivity contribution in [3.05, 3.63) is 34.3 Å². The normalized spacial score (nSPS) is 25.0. The van der Waals surface area contributed by atoms with Gasteiger partial charge in [0.25, 0.3) is 0 Å². The molecule has 2 rings (SSSR count). The Balaban J connectivity index is 2.11. The molecule has 0 radical (unpaired) electrons. The zero-order valence-corrected chi connectivity index (χ0v) is 11.6. The highest BCUT2D eigenvalue weighted by atomic mass is 79.9. The molecule has 1 aliphatic carbocycles. The van der Waals surface area contributed by atoms with Crippen LogP contribution in [0.1, 0.15) is 24.8 Å². The lowest BCUT2D eigenvalue weighted by molar-refractivity contribution is -0.145. The second-order valence-electron chi connectivity index (χ2n) is 4.94. The number of hydrogen-bond donors (Lipinski definition) is 2. The summed E-state index contributed by atoms with van der Waals surface area (Å²) in [5.41, 5.74) is 1.00. The third-order valence-corrected chi connectivity index (χ3v) is 4.26. The van der Waals surface area contributed by atoms with Gasteiger partial charge in [0.2, 0.25) is 0 Å². The lowest BCUT2D eigenvalue weighted by Gasteiger charge is -2.22. The summed E-state index contributed by atoms with van der Waals surface area (Å²) in [6.07, 6.45) is 2.51. The summed E-state index contributed by atoms with van der Waals surface area (Å²) >= 11 is 3.36. The molecule has 3 unspecified atom stereocenters. The van der Waals surface area contributed by atoms with E-state index in [0.29, 0.717) is 6.42 Å². The van der Waals surface area contributed by atoms with E-state index in [4.69, 9.17) is 0 Å². The zero-order valence-electron chi connectivity index (χ0n) is 10.1. The van der Waals surface area contributed by atoms with E-state index in [1.165, 1.54) is 0 Å². The SMILES string of the molecule is O=C(O)C(Cc1ccc(Br)cc1)C1CCCC1O. The predicted octanol–water partition coefficient (Wildman–Crippen LogP) is 2.85. The number of benzene rings is 1. The summed E-state index contributed by atoms with van der Waals surface area (Å²) in [6, 6.07) is 7.70. The van der Waals surface area contributed by atoms with E-state index in [1.807, 2.05) is 24.3 Å². The fourth-order valence-electron chi connectivity index (χ4n) is 2.73. The Morgan fingerprint density at radius 3 is 2.50 bits per heavy atom. The molecule has 1 saturated carbocycles. The van der Waals surface area contributed by atoms with Crippen LogP contribution in [0.3, 0.4) is 0 Å². The molecule has 0 aromatic heterocycles. The third-order valence-electron chi connectivity index (χ3n) is 3.73. The molecular weight excluding hydrogens is 296 g/mol. The van der Waals surface area contributed by atoms with Gasteiger partial charge in [-0.15, -0.1) is 0 Å². The molecule has 1 aromatic carbocycles. The molecule has 3 atom stereocenters. The van der Waals surface area contributed by atoms with E-state index in [0.717, 1.165) is 29.3 Å². The van der Waals surface area contributed by atoms with Gasteiger partial charge in [-0.1, -0.05) is 34.5 Å². The van der Waals surface area contributed by atoms with Crippen molar-refractivity contribution < 1.29 is 15.0 Å². The number of hydrogen-bond acceptors (Lipinski definition) is 2. The molecule has 1 fully saturated rings. The van der Waals surface area contributed by atoms with Crippen LogP contribution in [0.5, 0.6) is 0 Å². The largest absolute Gasteiger partial charge is 0.481 e. The predicted molar refractivity (Wildman–Crippen MR) is 72.3 cm³/mol. The number of rotatable bonds is 4. The van der Waals surface area contributed by atoms with E-state index >= 15 is 0 Å². The molecule has 0 bridgehead atoms. The molecule has 0 amide bonds. The van der Waals surface area contributed by atoms with Gasteiger partial charge in [0.05, 0.1) is 12.0 Å². The second-order valence-corrected chi connectivity index (χ2v) is 5.85. The Morgan fingerprint density at radius 2 is 2.00 bits per heavy atom. The minimum atomic E-state index is -0.802. The summed E-state index contributed by atoms with van der Waals surface area (Å²) in [5, 5.41) is 19.2. The highest BCUT2D eigenvalue weighted by Gasteiger charge is 2.36. The number of carboxylic acid groups (broad SMARTS) is 1. The second kappa shape index (κ2) is 5.85. The first kappa shape index (κ1) is 13.6. The maximum absolute atomic E-state index is 11.4. The molecule has 18 heavy (non-hydrogen) atoms. The van der Waals surface area contributed by atoms with Crippen molar-refractivity contribution >= 4 is 21.9 Å². The van der Waals surface area contributed by atoms with Crippen LogP contribution >= 0.6 is 15.9 Å². The number of aliphatic hydroxyl groups excluding tert-OH is 1. The summed E-state index contributed by atoms with van der Waals surface area (Å²) < 4.78 is 0.985. The van der Waals surface area contributed by atoms with Crippen LogP contribution in [-0.4, -0.2) is 22.3 Å². The summed E-state index contributed by atoms with van der Waals surface area (Å²) in [6.45, 7) is 0.